The summed E-state index contributed by atoms with van der Waals surface area (Å²) in [5.74, 6) is 0.487. The van der Waals surface area contributed by atoms with E-state index in [9.17, 15) is 13.2 Å². The molecule has 2 aromatic carbocycles. The molecule has 0 aliphatic carbocycles. The third-order valence-electron chi connectivity index (χ3n) is 4.88. The van der Waals surface area contributed by atoms with E-state index in [1.165, 1.54) is 37.1 Å². The molecule has 2 aromatic rings. The normalized spacial score (nSPS) is 12.6. The van der Waals surface area contributed by atoms with Crippen molar-refractivity contribution in [2.24, 2.45) is 0 Å². The average Bonchev–Trinajstić information content (AvgIpc) is 2.70. The summed E-state index contributed by atoms with van der Waals surface area (Å²) in [6, 6.07) is 12.8. The van der Waals surface area contributed by atoms with Crippen molar-refractivity contribution >= 4 is 15.9 Å². The molecule has 1 amide bonds. The van der Waals surface area contributed by atoms with Crippen molar-refractivity contribution < 1.29 is 17.9 Å². The van der Waals surface area contributed by atoms with Crippen LogP contribution >= 0.6 is 0 Å². The van der Waals surface area contributed by atoms with Crippen LogP contribution < -0.4 is 10.1 Å². The molecular formula is C22H30N2O4S. The number of aryl methyl sites for hydroxylation is 2. The maximum Gasteiger partial charge on any atom is 0.242 e. The molecule has 0 saturated heterocycles. The number of benzene rings is 2. The lowest BCUT2D eigenvalue weighted by Gasteiger charge is -2.18. The molecule has 0 aliphatic rings. The second-order valence-corrected chi connectivity index (χ2v) is 9.35. The van der Waals surface area contributed by atoms with E-state index >= 15 is 0 Å². The minimum Gasteiger partial charge on any atom is -0.496 e. The molecule has 0 bridgehead atoms. The van der Waals surface area contributed by atoms with Gasteiger partial charge in [-0.3, -0.25) is 4.79 Å². The first-order valence-corrected chi connectivity index (χ1v) is 11.1. The monoisotopic (exact) mass is 418 g/mol. The Kier molecular flexibility index (Phi) is 7.81. The maximum absolute atomic E-state index is 12.5. The van der Waals surface area contributed by atoms with Crippen LogP contribution in [0.4, 0.5) is 0 Å². The zero-order valence-corrected chi connectivity index (χ0v) is 18.5. The van der Waals surface area contributed by atoms with Gasteiger partial charge in [0.1, 0.15) is 5.75 Å². The molecule has 0 spiro atoms. The molecular weight excluding hydrogens is 388 g/mol. The van der Waals surface area contributed by atoms with Gasteiger partial charge in [0.2, 0.25) is 15.9 Å². The van der Waals surface area contributed by atoms with Gasteiger partial charge in [-0.1, -0.05) is 36.8 Å². The summed E-state index contributed by atoms with van der Waals surface area (Å²) < 4.78 is 31.3. The fourth-order valence-electron chi connectivity index (χ4n) is 3.06. The molecule has 7 heteroatoms. The van der Waals surface area contributed by atoms with Crippen LogP contribution in [0.3, 0.4) is 0 Å². The molecule has 1 atom stereocenters. The van der Waals surface area contributed by atoms with Gasteiger partial charge < -0.3 is 10.1 Å². The van der Waals surface area contributed by atoms with Gasteiger partial charge in [0.05, 0.1) is 18.0 Å². The van der Waals surface area contributed by atoms with Crippen molar-refractivity contribution in [1.29, 1.82) is 0 Å². The number of carbonyl (C=O) groups is 1. The first kappa shape index (κ1) is 22.9. The summed E-state index contributed by atoms with van der Waals surface area (Å²) in [5.41, 5.74) is 2.94. The maximum atomic E-state index is 12.5. The SMILES string of the molecule is CCC(NC(=O)CCc1cc(S(=O)(=O)N(C)C)ccc1OC)c1ccc(C)cc1. The van der Waals surface area contributed by atoms with Crippen LogP contribution in [0, 0.1) is 6.92 Å². The quantitative estimate of drug-likeness (QED) is 0.677. The molecule has 158 valence electrons. The van der Waals surface area contributed by atoms with Crippen LogP contribution in [0.2, 0.25) is 0 Å². The lowest BCUT2D eigenvalue weighted by Crippen LogP contribution is -2.28. The molecule has 1 unspecified atom stereocenters. The molecule has 0 aromatic heterocycles. The predicted molar refractivity (Wildman–Crippen MR) is 115 cm³/mol. The van der Waals surface area contributed by atoms with E-state index in [4.69, 9.17) is 4.74 Å². The number of methoxy groups -OCH3 is 1. The zero-order valence-electron chi connectivity index (χ0n) is 17.7. The topological polar surface area (TPSA) is 75.7 Å². The Hall–Kier alpha value is -2.38. The first-order chi connectivity index (χ1) is 13.7. The summed E-state index contributed by atoms with van der Waals surface area (Å²) in [6.45, 7) is 4.06. The van der Waals surface area contributed by atoms with Crippen LogP contribution in [-0.2, 0) is 21.2 Å². The molecule has 0 aliphatic heterocycles. The summed E-state index contributed by atoms with van der Waals surface area (Å²) in [7, 11) is 0.961. The number of sulfonamides is 1. The van der Waals surface area contributed by atoms with E-state index in [0.717, 1.165) is 12.0 Å². The molecule has 0 fully saturated rings. The van der Waals surface area contributed by atoms with Crippen molar-refractivity contribution in [2.75, 3.05) is 21.2 Å². The molecule has 0 saturated carbocycles. The first-order valence-electron chi connectivity index (χ1n) is 9.64. The van der Waals surface area contributed by atoms with Crippen molar-refractivity contribution in [3.8, 4) is 5.75 Å². The van der Waals surface area contributed by atoms with Crippen LogP contribution in [0.15, 0.2) is 47.4 Å². The summed E-state index contributed by atoms with van der Waals surface area (Å²) in [5, 5.41) is 3.07. The highest BCUT2D eigenvalue weighted by Gasteiger charge is 2.20. The summed E-state index contributed by atoms with van der Waals surface area (Å²) in [4.78, 5) is 12.7. The van der Waals surface area contributed by atoms with Crippen molar-refractivity contribution in [3.05, 3.63) is 59.2 Å². The van der Waals surface area contributed by atoms with Gasteiger partial charge >= 0.3 is 0 Å². The molecule has 0 heterocycles. The average molecular weight is 419 g/mol. The van der Waals surface area contributed by atoms with Gasteiger partial charge in [-0.25, -0.2) is 12.7 Å². The van der Waals surface area contributed by atoms with Crippen molar-refractivity contribution in [1.82, 2.24) is 9.62 Å². The van der Waals surface area contributed by atoms with Gasteiger partial charge in [-0.2, -0.15) is 0 Å². The summed E-state index contributed by atoms with van der Waals surface area (Å²) >= 11 is 0. The molecule has 6 nitrogen and oxygen atoms in total. The van der Waals surface area contributed by atoms with Crippen LogP contribution in [0.25, 0.3) is 0 Å². The Morgan fingerprint density at radius 1 is 1.14 bits per heavy atom. The molecule has 2 rings (SSSR count). The standard InChI is InChI=1S/C22H30N2O4S/c1-6-20(17-9-7-16(2)8-10-17)23-22(25)14-11-18-15-19(12-13-21(18)28-5)29(26,27)24(3)4/h7-10,12-13,15,20H,6,11,14H2,1-5H3,(H,23,25). The van der Waals surface area contributed by atoms with E-state index < -0.39 is 10.0 Å². The lowest BCUT2D eigenvalue weighted by atomic mass is 10.0. The van der Waals surface area contributed by atoms with E-state index in [2.05, 4.69) is 5.32 Å². The number of ether oxygens (including phenoxy) is 1. The smallest absolute Gasteiger partial charge is 0.242 e. The van der Waals surface area contributed by atoms with Crippen LogP contribution in [0.1, 0.15) is 42.5 Å². The van der Waals surface area contributed by atoms with E-state index in [-0.39, 0.29) is 23.3 Å². The van der Waals surface area contributed by atoms with Gasteiger partial charge in [-0.15, -0.1) is 0 Å². The van der Waals surface area contributed by atoms with Gasteiger partial charge in [0, 0.05) is 20.5 Å². The number of rotatable bonds is 9. The number of carbonyl (C=O) groups excluding carboxylic acids is 1. The second-order valence-electron chi connectivity index (χ2n) is 7.20. The Morgan fingerprint density at radius 3 is 2.34 bits per heavy atom. The van der Waals surface area contributed by atoms with E-state index in [0.29, 0.717) is 17.7 Å². The third kappa shape index (κ3) is 5.81. The van der Waals surface area contributed by atoms with E-state index in [1.807, 2.05) is 38.1 Å². The number of amides is 1. The Morgan fingerprint density at radius 2 is 1.79 bits per heavy atom. The minimum absolute atomic E-state index is 0.0505. The van der Waals surface area contributed by atoms with Gasteiger partial charge in [0.25, 0.3) is 0 Å². The van der Waals surface area contributed by atoms with Crippen molar-refractivity contribution in [3.63, 3.8) is 0 Å². The largest absolute Gasteiger partial charge is 0.496 e. The fourth-order valence-corrected chi connectivity index (χ4v) is 4.01. The zero-order chi connectivity index (χ0) is 21.6. The molecule has 0 radical (unpaired) electrons. The van der Waals surface area contributed by atoms with Gasteiger partial charge in [0.15, 0.2) is 0 Å². The number of hydrogen-bond acceptors (Lipinski definition) is 4. The molecule has 1 N–H and O–H groups in total. The Labute approximate surface area is 173 Å². The number of hydrogen-bond donors (Lipinski definition) is 1. The Balaban J connectivity index is 2.11. The van der Waals surface area contributed by atoms with Crippen molar-refractivity contribution in [2.45, 2.75) is 44.0 Å². The second kappa shape index (κ2) is 9.89. The molecule has 29 heavy (non-hydrogen) atoms. The lowest BCUT2D eigenvalue weighted by molar-refractivity contribution is -0.121. The van der Waals surface area contributed by atoms with Crippen LogP contribution in [0.5, 0.6) is 5.75 Å². The Bertz CT molecular complexity index is 938. The predicted octanol–water partition coefficient (Wildman–Crippen LogP) is 3.45. The highest BCUT2D eigenvalue weighted by Crippen LogP contribution is 2.25. The number of nitrogens with zero attached hydrogens (tertiary/aromatic N) is 1. The van der Waals surface area contributed by atoms with Gasteiger partial charge in [-0.05, 0) is 49.1 Å². The van der Waals surface area contributed by atoms with E-state index in [1.54, 1.807) is 12.1 Å². The summed E-state index contributed by atoms with van der Waals surface area (Å²) in [6.07, 6.45) is 1.41. The number of nitrogens with one attached hydrogen (secondary N) is 1. The third-order valence-corrected chi connectivity index (χ3v) is 6.69. The fraction of sp³-hybridized carbons (Fsp3) is 0.409. The highest BCUT2D eigenvalue weighted by atomic mass is 32.2. The minimum atomic E-state index is -3.55. The van der Waals surface area contributed by atoms with Crippen LogP contribution in [-0.4, -0.2) is 39.8 Å². The highest BCUT2D eigenvalue weighted by molar-refractivity contribution is 7.89.